The maximum absolute atomic E-state index is 12.6. The van der Waals surface area contributed by atoms with Gasteiger partial charge in [0.2, 0.25) is 0 Å². The molecule has 0 aliphatic carbocycles. The van der Waals surface area contributed by atoms with Gasteiger partial charge in [-0.3, -0.25) is 18.6 Å². The molecule has 13 heteroatoms. The molecule has 0 aromatic carbocycles. The molecule has 0 rings (SSSR count). The molecule has 0 fully saturated rings. The first-order valence-corrected chi connectivity index (χ1v) is 22.9. The Balaban J connectivity index is 4.60. The van der Waals surface area contributed by atoms with Gasteiger partial charge in [0.25, 0.3) is 0 Å². The van der Waals surface area contributed by atoms with E-state index in [0.29, 0.717) is 6.42 Å². The van der Waals surface area contributed by atoms with Crippen LogP contribution >= 0.6 is 7.82 Å². The molecule has 0 spiro atoms. The number of carbonyl (C=O) groups excluding carboxylic acids is 2. The van der Waals surface area contributed by atoms with E-state index in [2.05, 4.69) is 60.9 Å². The van der Waals surface area contributed by atoms with Gasteiger partial charge in [0, 0.05) is 12.8 Å². The number of ether oxygens (including phenoxy) is 2. The van der Waals surface area contributed by atoms with E-state index in [1.54, 1.807) is 0 Å². The second kappa shape index (κ2) is 39.1. The molecule has 0 aromatic heterocycles. The van der Waals surface area contributed by atoms with E-state index >= 15 is 0 Å². The van der Waals surface area contributed by atoms with E-state index in [0.717, 1.165) is 57.8 Å². The normalized spacial score (nSPS) is 15.6. The fourth-order valence-electron chi connectivity index (χ4n) is 5.38. The Kier molecular flexibility index (Phi) is 37.4. The molecule has 12 nitrogen and oxygen atoms in total. The van der Waals surface area contributed by atoms with Gasteiger partial charge in [-0.2, -0.15) is 0 Å². The third-order valence-electron chi connectivity index (χ3n) is 8.87. The van der Waals surface area contributed by atoms with Crippen LogP contribution in [0.3, 0.4) is 0 Å². The van der Waals surface area contributed by atoms with E-state index in [1.807, 2.05) is 18.2 Å². The maximum atomic E-state index is 12.6. The number of unbranched alkanes of at least 4 members (excludes halogenated alkanes) is 12. The van der Waals surface area contributed by atoms with Crippen molar-refractivity contribution in [2.75, 3.05) is 26.4 Å². The van der Waals surface area contributed by atoms with Crippen LogP contribution in [0.15, 0.2) is 60.8 Å². The summed E-state index contributed by atoms with van der Waals surface area (Å²) in [6.07, 6.45) is 34.9. The van der Waals surface area contributed by atoms with E-state index in [9.17, 15) is 34.4 Å². The van der Waals surface area contributed by atoms with Crippen molar-refractivity contribution in [2.45, 2.75) is 180 Å². The van der Waals surface area contributed by atoms with Crippen LogP contribution in [0, 0.1) is 0 Å². The molecule has 0 bridgehead atoms. The lowest BCUT2D eigenvalue weighted by atomic mass is 10.0. The molecule has 0 saturated carbocycles. The molecule has 0 heterocycles. The Bertz CT molecular complexity index is 1170. The average Bonchev–Trinajstić information content (AvgIpc) is 3.19. The van der Waals surface area contributed by atoms with Gasteiger partial charge in [0.05, 0.1) is 32.0 Å². The number of phosphoric ester groups is 1. The zero-order valence-electron chi connectivity index (χ0n) is 35.0. The van der Waals surface area contributed by atoms with Gasteiger partial charge >= 0.3 is 19.8 Å². The molecule has 5 N–H and O–H groups in total. The standard InChI is InChI=1S/C44H77O12P/c1-3-5-7-9-11-13-15-17-18-19-21-23-25-27-29-33-43(49)53-37-40(38-55-57(51,52)54-36-39(46)35-45)56-44(50)34-30-32-42(48)41(47)31-28-26-24-22-20-16-14-12-10-8-6-4-2/h12-15,17-18,20,22,26,28,39-42,45-48H,3-11,16,19,21,23-25,27,29-38H2,1-2H3,(H,51,52)/b14-12-,15-13-,18-17-,22-20-,28-26-/t39-,40+,41?,42?/m0/s1. The van der Waals surface area contributed by atoms with Crippen molar-refractivity contribution in [2.24, 2.45) is 0 Å². The molecule has 0 radical (unpaired) electrons. The van der Waals surface area contributed by atoms with Crippen molar-refractivity contribution in [3.8, 4) is 0 Å². The lowest BCUT2D eigenvalue weighted by molar-refractivity contribution is -0.161. The number of rotatable bonds is 39. The number of phosphoric acid groups is 1. The van der Waals surface area contributed by atoms with E-state index in [-0.39, 0.29) is 32.1 Å². The minimum absolute atomic E-state index is 0.130. The molecule has 0 saturated heterocycles. The van der Waals surface area contributed by atoms with Crippen LogP contribution in [-0.2, 0) is 32.7 Å². The number of hydrogen-bond donors (Lipinski definition) is 5. The van der Waals surface area contributed by atoms with E-state index in [1.165, 1.54) is 44.9 Å². The van der Waals surface area contributed by atoms with Gasteiger partial charge < -0.3 is 34.8 Å². The summed E-state index contributed by atoms with van der Waals surface area (Å²) in [5.41, 5.74) is 0. The Morgan fingerprint density at radius 2 is 1.12 bits per heavy atom. The van der Waals surface area contributed by atoms with Crippen molar-refractivity contribution >= 4 is 19.8 Å². The number of carbonyl (C=O) groups is 2. The Hall–Kier alpha value is -2.41. The zero-order valence-corrected chi connectivity index (χ0v) is 35.9. The van der Waals surface area contributed by atoms with E-state index < -0.39 is 70.6 Å². The predicted octanol–water partition coefficient (Wildman–Crippen LogP) is 9.05. The average molecular weight is 829 g/mol. The number of allylic oxidation sites excluding steroid dienone is 9. The Labute approximate surface area is 343 Å². The molecule has 0 aliphatic rings. The molecule has 5 atom stereocenters. The summed E-state index contributed by atoms with van der Waals surface area (Å²) in [4.78, 5) is 35.0. The molecule has 0 aliphatic heterocycles. The first-order chi connectivity index (χ1) is 27.5. The van der Waals surface area contributed by atoms with Gasteiger partial charge in [-0.1, -0.05) is 126 Å². The monoisotopic (exact) mass is 829 g/mol. The Morgan fingerprint density at radius 1 is 0.596 bits per heavy atom. The van der Waals surface area contributed by atoms with Gasteiger partial charge in [-0.25, -0.2) is 4.57 Å². The highest BCUT2D eigenvalue weighted by atomic mass is 31.2. The number of esters is 2. The summed E-state index contributed by atoms with van der Waals surface area (Å²) in [6.45, 7) is 1.96. The van der Waals surface area contributed by atoms with E-state index in [4.69, 9.17) is 19.1 Å². The molecule has 0 aromatic rings. The highest BCUT2D eigenvalue weighted by molar-refractivity contribution is 7.47. The van der Waals surface area contributed by atoms with Gasteiger partial charge in [-0.05, 0) is 77.0 Å². The second-order valence-corrected chi connectivity index (χ2v) is 15.8. The topological polar surface area (TPSA) is 189 Å². The fourth-order valence-corrected chi connectivity index (χ4v) is 6.17. The molecular formula is C44H77O12P. The summed E-state index contributed by atoms with van der Waals surface area (Å²) < 4.78 is 32.5. The zero-order chi connectivity index (χ0) is 42.2. The highest BCUT2D eigenvalue weighted by Crippen LogP contribution is 2.43. The maximum Gasteiger partial charge on any atom is 0.472 e. The van der Waals surface area contributed by atoms with Crippen LogP contribution in [-0.4, -0.2) is 88.1 Å². The van der Waals surface area contributed by atoms with Crippen LogP contribution in [0.5, 0.6) is 0 Å². The highest BCUT2D eigenvalue weighted by Gasteiger charge is 2.27. The minimum Gasteiger partial charge on any atom is -0.462 e. The van der Waals surface area contributed by atoms with Crippen molar-refractivity contribution in [3.05, 3.63) is 60.8 Å². The summed E-state index contributed by atoms with van der Waals surface area (Å²) in [5, 5.41) is 39.0. The van der Waals surface area contributed by atoms with Crippen LogP contribution in [0.2, 0.25) is 0 Å². The van der Waals surface area contributed by atoms with Gasteiger partial charge in [0.1, 0.15) is 12.7 Å². The summed E-state index contributed by atoms with van der Waals surface area (Å²) >= 11 is 0. The second-order valence-electron chi connectivity index (χ2n) is 14.3. The minimum atomic E-state index is -4.70. The van der Waals surface area contributed by atoms with Crippen LogP contribution in [0.25, 0.3) is 0 Å². The first-order valence-electron chi connectivity index (χ1n) is 21.4. The lowest BCUT2D eigenvalue weighted by Crippen LogP contribution is -2.30. The summed E-state index contributed by atoms with van der Waals surface area (Å²) in [7, 11) is -4.70. The lowest BCUT2D eigenvalue weighted by Gasteiger charge is -2.20. The SMILES string of the molecule is CCCCC/C=C\C/C=C\C/C=C\CC(O)C(O)CCCC(=O)O[C@H](COC(=O)CCCCCCC/C=C\C=C/CCCCCC)COP(=O)(O)OC[C@@H](O)CO. The molecule has 0 amide bonds. The summed E-state index contributed by atoms with van der Waals surface area (Å²) in [5.74, 6) is -1.23. The smallest absolute Gasteiger partial charge is 0.462 e. The molecule has 57 heavy (non-hydrogen) atoms. The molecule has 330 valence electrons. The van der Waals surface area contributed by atoms with Crippen LogP contribution in [0.4, 0.5) is 0 Å². The van der Waals surface area contributed by atoms with Gasteiger partial charge in [0.15, 0.2) is 6.10 Å². The number of aliphatic hydroxyl groups excluding tert-OH is 4. The number of hydrogen-bond acceptors (Lipinski definition) is 11. The quantitative estimate of drug-likeness (QED) is 0.0130. The summed E-state index contributed by atoms with van der Waals surface area (Å²) in [6, 6.07) is 0. The first kappa shape index (κ1) is 54.6. The van der Waals surface area contributed by atoms with Crippen molar-refractivity contribution in [3.63, 3.8) is 0 Å². The largest absolute Gasteiger partial charge is 0.472 e. The number of aliphatic hydroxyl groups is 4. The Morgan fingerprint density at radius 3 is 1.79 bits per heavy atom. The van der Waals surface area contributed by atoms with Crippen molar-refractivity contribution in [1.82, 2.24) is 0 Å². The fraction of sp³-hybridized carbons (Fsp3) is 0.727. The van der Waals surface area contributed by atoms with Crippen LogP contribution in [0.1, 0.15) is 155 Å². The van der Waals surface area contributed by atoms with Gasteiger partial charge in [-0.15, -0.1) is 0 Å². The third-order valence-corrected chi connectivity index (χ3v) is 9.82. The van der Waals surface area contributed by atoms with Crippen LogP contribution < -0.4 is 0 Å². The third kappa shape index (κ3) is 37.6. The molecular weight excluding hydrogens is 751 g/mol. The predicted molar refractivity (Wildman–Crippen MR) is 226 cm³/mol. The molecule has 3 unspecified atom stereocenters. The van der Waals surface area contributed by atoms with Crippen molar-refractivity contribution < 1.29 is 58.0 Å². The van der Waals surface area contributed by atoms with Crippen molar-refractivity contribution in [1.29, 1.82) is 0 Å².